The summed E-state index contributed by atoms with van der Waals surface area (Å²) in [7, 11) is 0. The molecule has 7 heteroatoms. The summed E-state index contributed by atoms with van der Waals surface area (Å²) in [6.45, 7) is 5.74. The molecule has 0 saturated carbocycles. The van der Waals surface area contributed by atoms with Crippen molar-refractivity contribution in [2.45, 2.75) is 39.8 Å². The Bertz CT molecular complexity index is 635. The number of hydrogen-bond acceptors (Lipinski definition) is 3. The standard InChI is InChI=1S/C17H22F2N2O3/c1-4-24-17(23)20-15(10(2)3)16(22)21-8-7-11-12(9-21)14(19)6-5-13(11)18/h5-6,10,15H,4,7-9H2,1-3H3,(H,20,23)/t15-/m0/s1. The van der Waals surface area contributed by atoms with Gasteiger partial charge in [0.15, 0.2) is 0 Å². The summed E-state index contributed by atoms with van der Waals surface area (Å²) in [5, 5.41) is 2.54. The summed E-state index contributed by atoms with van der Waals surface area (Å²) in [5.41, 5.74) is 0.520. The number of hydrogen-bond donors (Lipinski definition) is 1. The van der Waals surface area contributed by atoms with Crippen molar-refractivity contribution in [1.29, 1.82) is 0 Å². The average Bonchev–Trinajstić information content (AvgIpc) is 2.55. The first-order valence-electron chi connectivity index (χ1n) is 8.03. The number of amides is 2. The number of benzene rings is 1. The van der Waals surface area contributed by atoms with Crippen LogP contribution in [0.3, 0.4) is 0 Å². The highest BCUT2D eigenvalue weighted by molar-refractivity contribution is 5.86. The lowest BCUT2D eigenvalue weighted by atomic mass is 9.96. The molecule has 1 N–H and O–H groups in total. The number of nitrogens with zero attached hydrogens (tertiary/aromatic N) is 1. The van der Waals surface area contributed by atoms with Gasteiger partial charge in [0.05, 0.1) is 6.61 Å². The summed E-state index contributed by atoms with van der Waals surface area (Å²) in [4.78, 5) is 25.8. The summed E-state index contributed by atoms with van der Waals surface area (Å²) in [6.07, 6.45) is -0.422. The molecule has 0 fully saturated rings. The van der Waals surface area contributed by atoms with Gasteiger partial charge in [-0.25, -0.2) is 13.6 Å². The summed E-state index contributed by atoms with van der Waals surface area (Å²) in [6, 6.07) is 1.39. The first-order chi connectivity index (χ1) is 11.3. The lowest BCUT2D eigenvalue weighted by Gasteiger charge is -2.33. The molecule has 1 aromatic rings. The predicted octanol–water partition coefficient (Wildman–Crippen LogP) is 2.62. The summed E-state index contributed by atoms with van der Waals surface area (Å²) < 4.78 is 32.6. The molecule has 1 aliphatic heterocycles. The van der Waals surface area contributed by atoms with Crippen molar-refractivity contribution in [3.63, 3.8) is 0 Å². The maximum atomic E-state index is 14.0. The van der Waals surface area contributed by atoms with Crippen molar-refractivity contribution < 1.29 is 23.1 Å². The number of nitrogens with one attached hydrogen (secondary N) is 1. The number of halogens is 2. The van der Waals surface area contributed by atoms with E-state index >= 15 is 0 Å². The molecule has 1 atom stereocenters. The molecule has 0 bridgehead atoms. The van der Waals surface area contributed by atoms with Crippen LogP contribution in [0.5, 0.6) is 0 Å². The highest BCUT2D eigenvalue weighted by Gasteiger charge is 2.32. The fraction of sp³-hybridized carbons (Fsp3) is 0.529. The van der Waals surface area contributed by atoms with Gasteiger partial charge in [0.2, 0.25) is 5.91 Å². The van der Waals surface area contributed by atoms with Crippen molar-refractivity contribution in [2.75, 3.05) is 13.2 Å². The van der Waals surface area contributed by atoms with Gasteiger partial charge < -0.3 is 15.0 Å². The average molecular weight is 340 g/mol. The Kier molecular flexibility index (Phi) is 5.75. The van der Waals surface area contributed by atoms with Crippen LogP contribution in [0.1, 0.15) is 31.9 Å². The van der Waals surface area contributed by atoms with Crippen LogP contribution >= 0.6 is 0 Å². The monoisotopic (exact) mass is 340 g/mol. The third-order valence-electron chi connectivity index (χ3n) is 4.09. The van der Waals surface area contributed by atoms with Crippen molar-refractivity contribution in [1.82, 2.24) is 10.2 Å². The fourth-order valence-electron chi connectivity index (χ4n) is 2.79. The molecule has 1 heterocycles. The van der Waals surface area contributed by atoms with Crippen LogP contribution in [0.2, 0.25) is 0 Å². The molecule has 0 aromatic heterocycles. The minimum absolute atomic E-state index is 0.00845. The maximum absolute atomic E-state index is 14.0. The van der Waals surface area contributed by atoms with Crippen molar-refractivity contribution in [3.8, 4) is 0 Å². The smallest absolute Gasteiger partial charge is 0.407 e. The van der Waals surface area contributed by atoms with Crippen LogP contribution in [0.15, 0.2) is 12.1 Å². The number of carbonyl (C=O) groups is 2. The Balaban J connectivity index is 2.16. The van der Waals surface area contributed by atoms with E-state index in [4.69, 9.17) is 4.74 Å². The van der Waals surface area contributed by atoms with Crippen molar-refractivity contribution in [2.24, 2.45) is 5.92 Å². The number of alkyl carbamates (subject to hydrolysis) is 1. The topological polar surface area (TPSA) is 58.6 Å². The molecule has 2 rings (SSSR count). The van der Waals surface area contributed by atoms with Gasteiger partial charge in [-0.15, -0.1) is 0 Å². The van der Waals surface area contributed by atoms with E-state index in [-0.39, 0.29) is 43.5 Å². The van der Waals surface area contributed by atoms with E-state index in [1.165, 1.54) is 4.90 Å². The largest absolute Gasteiger partial charge is 0.450 e. The van der Waals surface area contributed by atoms with Crippen LogP contribution in [-0.2, 0) is 22.5 Å². The lowest BCUT2D eigenvalue weighted by molar-refractivity contribution is -0.135. The van der Waals surface area contributed by atoms with Gasteiger partial charge in [-0.05, 0) is 37.0 Å². The quantitative estimate of drug-likeness (QED) is 0.917. The highest BCUT2D eigenvalue weighted by Crippen LogP contribution is 2.25. The van der Waals surface area contributed by atoms with Gasteiger partial charge in [0.25, 0.3) is 0 Å². The van der Waals surface area contributed by atoms with E-state index in [0.717, 1.165) is 12.1 Å². The Hall–Kier alpha value is -2.18. The Labute approximate surface area is 140 Å². The van der Waals surface area contributed by atoms with E-state index in [0.29, 0.717) is 5.56 Å². The minimum atomic E-state index is -0.776. The molecule has 0 radical (unpaired) electrons. The van der Waals surface area contributed by atoms with Crippen LogP contribution in [0.4, 0.5) is 13.6 Å². The van der Waals surface area contributed by atoms with Crippen LogP contribution in [0.25, 0.3) is 0 Å². The molecule has 0 unspecified atom stereocenters. The second kappa shape index (κ2) is 7.59. The number of rotatable bonds is 4. The van der Waals surface area contributed by atoms with Crippen molar-refractivity contribution >= 4 is 12.0 Å². The highest BCUT2D eigenvalue weighted by atomic mass is 19.1. The molecule has 0 saturated heterocycles. The summed E-state index contributed by atoms with van der Waals surface area (Å²) >= 11 is 0. The zero-order valence-electron chi connectivity index (χ0n) is 14.1. The maximum Gasteiger partial charge on any atom is 0.407 e. The Morgan fingerprint density at radius 1 is 1.25 bits per heavy atom. The SMILES string of the molecule is CCOC(=O)N[C@H](C(=O)N1CCc2c(F)ccc(F)c2C1)C(C)C. The van der Waals surface area contributed by atoms with Gasteiger partial charge in [-0.1, -0.05) is 13.8 Å². The van der Waals surface area contributed by atoms with Gasteiger partial charge in [0.1, 0.15) is 17.7 Å². The normalized spacial score (nSPS) is 15.0. The van der Waals surface area contributed by atoms with E-state index < -0.39 is 23.8 Å². The predicted molar refractivity (Wildman–Crippen MR) is 84.3 cm³/mol. The van der Waals surface area contributed by atoms with Crippen LogP contribution in [0, 0.1) is 17.6 Å². The lowest BCUT2D eigenvalue weighted by Crippen LogP contribution is -2.52. The fourth-order valence-corrected chi connectivity index (χ4v) is 2.79. The van der Waals surface area contributed by atoms with E-state index in [1.54, 1.807) is 20.8 Å². The zero-order valence-corrected chi connectivity index (χ0v) is 14.1. The molecule has 1 aromatic carbocycles. The first kappa shape index (κ1) is 18.2. The van der Waals surface area contributed by atoms with Crippen molar-refractivity contribution in [3.05, 3.63) is 34.9 Å². The first-order valence-corrected chi connectivity index (χ1v) is 8.03. The molecular formula is C17H22F2N2O3. The molecule has 1 aliphatic rings. The second-order valence-corrected chi connectivity index (χ2v) is 6.08. The van der Waals surface area contributed by atoms with E-state index in [1.807, 2.05) is 0 Å². The van der Waals surface area contributed by atoms with Crippen LogP contribution < -0.4 is 5.32 Å². The van der Waals surface area contributed by atoms with Gasteiger partial charge in [-0.3, -0.25) is 4.79 Å². The van der Waals surface area contributed by atoms with Crippen LogP contribution in [-0.4, -0.2) is 36.1 Å². The molecule has 5 nitrogen and oxygen atoms in total. The second-order valence-electron chi connectivity index (χ2n) is 6.08. The third-order valence-corrected chi connectivity index (χ3v) is 4.09. The molecule has 24 heavy (non-hydrogen) atoms. The van der Waals surface area contributed by atoms with Gasteiger partial charge in [-0.2, -0.15) is 0 Å². The van der Waals surface area contributed by atoms with E-state index in [2.05, 4.69) is 5.32 Å². The molecule has 132 valence electrons. The zero-order chi connectivity index (χ0) is 17.9. The number of carbonyl (C=O) groups excluding carboxylic acids is 2. The summed E-state index contributed by atoms with van der Waals surface area (Å²) in [5.74, 6) is -1.47. The Morgan fingerprint density at radius 2 is 1.88 bits per heavy atom. The number of fused-ring (bicyclic) bond motifs is 1. The molecule has 0 aliphatic carbocycles. The minimum Gasteiger partial charge on any atom is -0.450 e. The number of ether oxygens (including phenoxy) is 1. The molecular weight excluding hydrogens is 318 g/mol. The van der Waals surface area contributed by atoms with Gasteiger partial charge in [0, 0.05) is 18.7 Å². The van der Waals surface area contributed by atoms with Gasteiger partial charge >= 0.3 is 6.09 Å². The Morgan fingerprint density at radius 3 is 2.46 bits per heavy atom. The van der Waals surface area contributed by atoms with E-state index in [9.17, 15) is 18.4 Å². The molecule has 2 amide bonds. The third kappa shape index (κ3) is 3.83. The molecule has 0 spiro atoms.